The summed E-state index contributed by atoms with van der Waals surface area (Å²) in [5.74, 6) is 3.51. The van der Waals surface area contributed by atoms with Crippen molar-refractivity contribution in [3.05, 3.63) is 12.2 Å². The lowest BCUT2D eigenvalue weighted by Gasteiger charge is -2.58. The Kier molecular flexibility index (Phi) is 2.76. The van der Waals surface area contributed by atoms with Gasteiger partial charge in [0, 0.05) is 5.41 Å². The first-order valence-electron chi connectivity index (χ1n) is 8.77. The molecule has 0 amide bonds. The van der Waals surface area contributed by atoms with E-state index in [2.05, 4.69) is 19.9 Å². The van der Waals surface area contributed by atoms with E-state index < -0.39 is 0 Å². The van der Waals surface area contributed by atoms with Crippen molar-refractivity contribution in [2.45, 2.75) is 65.2 Å². The summed E-state index contributed by atoms with van der Waals surface area (Å²) in [6, 6.07) is 0. The highest BCUT2D eigenvalue weighted by molar-refractivity contribution is 5.96. The van der Waals surface area contributed by atoms with Gasteiger partial charge < -0.3 is 0 Å². The summed E-state index contributed by atoms with van der Waals surface area (Å²) in [5.41, 5.74) is 0.583. The molecule has 4 aliphatic carbocycles. The minimum atomic E-state index is -0.0262. The minimum absolute atomic E-state index is 0.0262. The average molecular weight is 272 g/mol. The Balaban J connectivity index is 1.71. The van der Waals surface area contributed by atoms with Gasteiger partial charge in [-0.15, -0.1) is 0 Å². The van der Waals surface area contributed by atoms with Crippen LogP contribution in [0.1, 0.15) is 65.2 Å². The largest absolute Gasteiger partial charge is 0.294 e. The molecule has 3 saturated carbocycles. The average Bonchev–Trinajstić information content (AvgIpc) is 2.82. The smallest absolute Gasteiger partial charge is 0.161 e. The predicted molar refractivity (Wildman–Crippen MR) is 81.3 cm³/mol. The second-order valence-corrected chi connectivity index (χ2v) is 8.52. The molecule has 0 aromatic carbocycles. The van der Waals surface area contributed by atoms with Crippen molar-refractivity contribution in [3.63, 3.8) is 0 Å². The normalized spacial score (nSPS) is 54.2. The molecule has 1 nitrogen and oxygen atoms in total. The van der Waals surface area contributed by atoms with Crippen LogP contribution in [0, 0.1) is 34.5 Å². The fraction of sp³-hybridized carbons (Fsp3) is 0.842. The molecule has 0 saturated heterocycles. The molecule has 0 unspecified atom stereocenters. The van der Waals surface area contributed by atoms with E-state index in [0.717, 1.165) is 18.3 Å². The van der Waals surface area contributed by atoms with Crippen molar-refractivity contribution >= 4 is 5.78 Å². The lowest BCUT2D eigenvalue weighted by molar-refractivity contribution is -0.145. The first-order chi connectivity index (χ1) is 9.56. The van der Waals surface area contributed by atoms with Crippen LogP contribution in [-0.2, 0) is 4.79 Å². The van der Waals surface area contributed by atoms with Crippen molar-refractivity contribution in [2.24, 2.45) is 34.5 Å². The number of carbonyl (C=O) groups excluding carboxylic acids is 1. The molecule has 0 bridgehead atoms. The van der Waals surface area contributed by atoms with Crippen molar-refractivity contribution < 1.29 is 4.79 Å². The number of fused-ring (bicyclic) bond motifs is 5. The van der Waals surface area contributed by atoms with Crippen LogP contribution in [0.15, 0.2) is 12.2 Å². The number of rotatable bonds is 0. The maximum atomic E-state index is 12.7. The van der Waals surface area contributed by atoms with E-state index in [1.807, 2.05) is 6.08 Å². The van der Waals surface area contributed by atoms with Gasteiger partial charge in [-0.1, -0.05) is 26.3 Å². The van der Waals surface area contributed by atoms with Gasteiger partial charge in [0.2, 0.25) is 0 Å². The van der Waals surface area contributed by atoms with E-state index in [4.69, 9.17) is 0 Å². The van der Waals surface area contributed by atoms with E-state index in [0.29, 0.717) is 23.0 Å². The standard InChI is InChI=1S/C19H28O/c1-18-11-4-6-15(18)14-9-8-13-5-3-7-17(20)19(13,2)16(14)10-12-18/h3,7,13-16H,4-6,8-12H2,1-2H3/t13-,14+,15+,16+,18+,19+/m1/s1. The van der Waals surface area contributed by atoms with Crippen LogP contribution in [0.25, 0.3) is 0 Å². The Hall–Kier alpha value is -0.590. The second kappa shape index (κ2) is 4.21. The van der Waals surface area contributed by atoms with Gasteiger partial charge in [0.15, 0.2) is 5.78 Å². The molecule has 0 aliphatic heterocycles. The summed E-state index contributed by atoms with van der Waals surface area (Å²) in [7, 11) is 0. The van der Waals surface area contributed by atoms with Crippen LogP contribution in [-0.4, -0.2) is 5.78 Å². The summed E-state index contributed by atoms with van der Waals surface area (Å²) < 4.78 is 0. The van der Waals surface area contributed by atoms with Crippen LogP contribution in [0.5, 0.6) is 0 Å². The Labute approximate surface area is 123 Å². The fourth-order valence-corrected chi connectivity index (χ4v) is 6.69. The Morgan fingerprint density at radius 2 is 1.90 bits per heavy atom. The van der Waals surface area contributed by atoms with Crippen LogP contribution in [0.3, 0.4) is 0 Å². The number of allylic oxidation sites excluding steroid dienone is 2. The van der Waals surface area contributed by atoms with E-state index >= 15 is 0 Å². The van der Waals surface area contributed by atoms with Crippen molar-refractivity contribution in [2.75, 3.05) is 0 Å². The van der Waals surface area contributed by atoms with Gasteiger partial charge in [-0.05, 0) is 80.1 Å². The number of hydrogen-bond donors (Lipinski definition) is 0. The number of hydrogen-bond acceptors (Lipinski definition) is 1. The highest BCUT2D eigenvalue weighted by atomic mass is 16.1. The van der Waals surface area contributed by atoms with Gasteiger partial charge in [-0.3, -0.25) is 4.79 Å². The Morgan fingerprint density at radius 1 is 1.05 bits per heavy atom. The Morgan fingerprint density at radius 3 is 2.75 bits per heavy atom. The van der Waals surface area contributed by atoms with Crippen molar-refractivity contribution in [1.82, 2.24) is 0 Å². The molecule has 0 N–H and O–H groups in total. The third kappa shape index (κ3) is 1.53. The van der Waals surface area contributed by atoms with Crippen LogP contribution in [0.2, 0.25) is 0 Å². The highest BCUT2D eigenvalue weighted by Gasteiger charge is 2.59. The van der Waals surface area contributed by atoms with Gasteiger partial charge in [0.1, 0.15) is 0 Å². The molecule has 4 aliphatic rings. The molecule has 1 heteroatoms. The maximum absolute atomic E-state index is 12.7. The van der Waals surface area contributed by atoms with Gasteiger partial charge in [-0.2, -0.15) is 0 Å². The molecular weight excluding hydrogens is 244 g/mol. The molecule has 0 heterocycles. The lowest BCUT2D eigenvalue weighted by atomic mass is 9.46. The van der Waals surface area contributed by atoms with Crippen LogP contribution in [0.4, 0.5) is 0 Å². The summed E-state index contributed by atoms with van der Waals surface area (Å²) in [4.78, 5) is 12.7. The SMILES string of the molecule is C[C@@]12CCC[C@H]1[C@@H]1CC[C@H]3CC=CC(=O)[C@]3(C)[C@H]1CC2. The molecular formula is C19H28O. The van der Waals surface area contributed by atoms with E-state index in [1.54, 1.807) is 0 Å². The molecule has 0 aromatic rings. The zero-order chi connectivity index (χ0) is 14.0. The highest BCUT2D eigenvalue weighted by Crippen LogP contribution is 2.64. The van der Waals surface area contributed by atoms with Gasteiger partial charge >= 0.3 is 0 Å². The fourth-order valence-electron chi connectivity index (χ4n) is 6.69. The quantitative estimate of drug-likeness (QED) is 0.621. The first-order valence-corrected chi connectivity index (χ1v) is 8.77. The van der Waals surface area contributed by atoms with Gasteiger partial charge in [0.05, 0.1) is 0 Å². The maximum Gasteiger partial charge on any atom is 0.161 e. The molecule has 4 rings (SSSR count). The van der Waals surface area contributed by atoms with Crippen LogP contribution < -0.4 is 0 Å². The second-order valence-electron chi connectivity index (χ2n) is 8.52. The molecule has 110 valence electrons. The summed E-state index contributed by atoms with van der Waals surface area (Å²) in [6.45, 7) is 4.86. The third-order valence-corrected chi connectivity index (χ3v) is 7.91. The monoisotopic (exact) mass is 272 g/mol. The number of ketones is 1. The zero-order valence-corrected chi connectivity index (χ0v) is 13.0. The summed E-state index contributed by atoms with van der Waals surface area (Å²) >= 11 is 0. The molecule has 3 fully saturated rings. The molecule has 0 aromatic heterocycles. The molecule has 20 heavy (non-hydrogen) atoms. The van der Waals surface area contributed by atoms with E-state index in [-0.39, 0.29) is 5.41 Å². The molecule has 6 atom stereocenters. The number of carbonyl (C=O) groups is 1. The molecule has 0 radical (unpaired) electrons. The van der Waals surface area contributed by atoms with E-state index in [1.165, 1.54) is 44.9 Å². The van der Waals surface area contributed by atoms with Gasteiger partial charge in [-0.25, -0.2) is 0 Å². The first kappa shape index (κ1) is 13.1. The van der Waals surface area contributed by atoms with Crippen LogP contribution >= 0.6 is 0 Å². The molecule has 0 spiro atoms. The lowest BCUT2D eigenvalue weighted by Crippen LogP contribution is -2.54. The minimum Gasteiger partial charge on any atom is -0.294 e. The zero-order valence-electron chi connectivity index (χ0n) is 13.0. The summed E-state index contributed by atoms with van der Waals surface area (Å²) in [6.07, 6.45) is 14.9. The summed E-state index contributed by atoms with van der Waals surface area (Å²) in [5, 5.41) is 0. The predicted octanol–water partition coefficient (Wildman–Crippen LogP) is 4.76. The van der Waals surface area contributed by atoms with Gasteiger partial charge in [0.25, 0.3) is 0 Å². The van der Waals surface area contributed by atoms with E-state index in [9.17, 15) is 4.79 Å². The van der Waals surface area contributed by atoms with Crippen molar-refractivity contribution in [1.29, 1.82) is 0 Å². The third-order valence-electron chi connectivity index (χ3n) is 7.91. The topological polar surface area (TPSA) is 17.1 Å². The van der Waals surface area contributed by atoms with Crippen molar-refractivity contribution in [3.8, 4) is 0 Å². The Bertz CT molecular complexity index is 464.